The van der Waals surface area contributed by atoms with Crippen molar-refractivity contribution >= 4 is 28.3 Å². The van der Waals surface area contributed by atoms with Crippen molar-refractivity contribution in [3.05, 3.63) is 93.4 Å². The van der Waals surface area contributed by atoms with E-state index in [1.165, 1.54) is 0 Å². The molecular formula is C21H18Cl2N3O2-. The highest BCUT2D eigenvalue weighted by molar-refractivity contribution is 6.31. The molecule has 0 saturated carbocycles. The second kappa shape index (κ2) is 8.87. The minimum Gasteiger partial charge on any atom is -1.00 e. The zero-order valence-corrected chi connectivity index (χ0v) is 16.3. The van der Waals surface area contributed by atoms with E-state index in [0.29, 0.717) is 18.2 Å². The van der Waals surface area contributed by atoms with Crippen molar-refractivity contribution in [3.63, 3.8) is 0 Å². The van der Waals surface area contributed by atoms with Crippen LogP contribution in [0.1, 0.15) is 11.1 Å². The van der Waals surface area contributed by atoms with E-state index in [2.05, 4.69) is 15.3 Å². The van der Waals surface area contributed by atoms with Crippen LogP contribution < -0.4 is 28.2 Å². The molecular weight excluding hydrogens is 397 g/mol. The number of nitrogens with one attached hydrogen (secondary N) is 3. The maximum Gasteiger partial charge on any atom is 0.323 e. The molecule has 0 aliphatic carbocycles. The van der Waals surface area contributed by atoms with E-state index in [-0.39, 0.29) is 18.1 Å². The van der Waals surface area contributed by atoms with E-state index in [4.69, 9.17) is 16.3 Å². The standard InChI is InChI=1S/C21H18ClN3O2.ClH/c22-18-7-2-1-5-15(18)13-27-17-6-3-4-14(10-17)12-23-16-8-9-19-20(11-16)25-21(26)24-19;/h1-11,23H,12-13H2,(H2,24,25,26);1H/p-1. The number of hydrogen-bond acceptors (Lipinski definition) is 3. The fourth-order valence-corrected chi connectivity index (χ4v) is 3.06. The number of aromatic amines is 2. The van der Waals surface area contributed by atoms with Gasteiger partial charge in [0.25, 0.3) is 0 Å². The van der Waals surface area contributed by atoms with E-state index in [0.717, 1.165) is 33.6 Å². The van der Waals surface area contributed by atoms with Crippen LogP contribution in [0.5, 0.6) is 5.75 Å². The lowest BCUT2D eigenvalue weighted by molar-refractivity contribution is -0.00000583. The molecule has 0 radical (unpaired) electrons. The largest absolute Gasteiger partial charge is 1.00 e. The molecule has 0 bridgehead atoms. The molecule has 28 heavy (non-hydrogen) atoms. The molecule has 3 aromatic carbocycles. The molecule has 1 heterocycles. The Labute approximate surface area is 173 Å². The quantitative estimate of drug-likeness (QED) is 0.449. The predicted molar refractivity (Wildman–Crippen MR) is 108 cm³/mol. The van der Waals surface area contributed by atoms with Gasteiger partial charge < -0.3 is 32.4 Å². The highest BCUT2D eigenvalue weighted by atomic mass is 35.5. The lowest BCUT2D eigenvalue weighted by atomic mass is 10.2. The van der Waals surface area contributed by atoms with Gasteiger partial charge in [0, 0.05) is 22.8 Å². The number of halogens is 2. The van der Waals surface area contributed by atoms with Crippen molar-refractivity contribution in [3.8, 4) is 5.75 Å². The summed E-state index contributed by atoms with van der Waals surface area (Å²) in [6.07, 6.45) is 0. The maximum atomic E-state index is 11.3. The molecule has 0 saturated heterocycles. The van der Waals surface area contributed by atoms with Gasteiger partial charge >= 0.3 is 5.69 Å². The summed E-state index contributed by atoms with van der Waals surface area (Å²) in [4.78, 5) is 16.8. The molecule has 0 aliphatic rings. The van der Waals surface area contributed by atoms with Gasteiger partial charge in [-0.3, -0.25) is 0 Å². The Kier molecular flexibility index (Phi) is 6.29. The van der Waals surface area contributed by atoms with Crippen LogP contribution >= 0.6 is 11.6 Å². The van der Waals surface area contributed by atoms with Crippen LogP contribution in [0.15, 0.2) is 71.5 Å². The topological polar surface area (TPSA) is 69.9 Å². The van der Waals surface area contributed by atoms with Crippen LogP contribution in [0.2, 0.25) is 5.02 Å². The Morgan fingerprint density at radius 1 is 0.929 bits per heavy atom. The van der Waals surface area contributed by atoms with Gasteiger partial charge in [0.15, 0.2) is 0 Å². The molecule has 4 aromatic rings. The monoisotopic (exact) mass is 414 g/mol. The fourth-order valence-electron chi connectivity index (χ4n) is 2.87. The first kappa shape index (κ1) is 19.9. The number of imidazole rings is 1. The number of hydrogen-bond donors (Lipinski definition) is 3. The summed E-state index contributed by atoms with van der Waals surface area (Å²) in [6.45, 7) is 1.07. The highest BCUT2D eigenvalue weighted by Crippen LogP contribution is 2.20. The molecule has 0 spiro atoms. The van der Waals surface area contributed by atoms with Crippen molar-refractivity contribution in [2.45, 2.75) is 13.2 Å². The van der Waals surface area contributed by atoms with Gasteiger partial charge in [-0.15, -0.1) is 0 Å². The van der Waals surface area contributed by atoms with E-state index in [1.54, 1.807) is 0 Å². The molecule has 7 heteroatoms. The third kappa shape index (κ3) is 4.68. The van der Waals surface area contributed by atoms with E-state index in [1.807, 2.05) is 66.7 Å². The van der Waals surface area contributed by atoms with Crippen molar-refractivity contribution in [2.24, 2.45) is 0 Å². The highest BCUT2D eigenvalue weighted by Gasteiger charge is 2.03. The Bertz CT molecular complexity index is 1140. The third-order valence-electron chi connectivity index (χ3n) is 4.26. The SMILES string of the molecule is O=c1[nH]c2ccc(NCc3cccc(OCc4ccccc4Cl)c3)cc2[nH]1.[Cl-]. The Balaban J connectivity index is 0.00000225. The van der Waals surface area contributed by atoms with Crippen molar-refractivity contribution < 1.29 is 17.1 Å². The number of H-pyrrole nitrogens is 2. The van der Waals surface area contributed by atoms with Crippen LogP contribution in [0.25, 0.3) is 11.0 Å². The van der Waals surface area contributed by atoms with Crippen LogP contribution in [-0.4, -0.2) is 9.97 Å². The van der Waals surface area contributed by atoms with Gasteiger partial charge in [0.1, 0.15) is 12.4 Å². The van der Waals surface area contributed by atoms with Crippen LogP contribution in [-0.2, 0) is 13.2 Å². The minimum atomic E-state index is -0.203. The van der Waals surface area contributed by atoms with Gasteiger partial charge in [-0.2, -0.15) is 0 Å². The summed E-state index contributed by atoms with van der Waals surface area (Å²) in [7, 11) is 0. The maximum absolute atomic E-state index is 11.3. The fraction of sp³-hybridized carbons (Fsp3) is 0.0952. The summed E-state index contributed by atoms with van der Waals surface area (Å²) < 4.78 is 5.87. The van der Waals surface area contributed by atoms with E-state index in [9.17, 15) is 4.79 Å². The number of ether oxygens (including phenoxy) is 1. The van der Waals surface area contributed by atoms with E-state index >= 15 is 0 Å². The van der Waals surface area contributed by atoms with Gasteiger partial charge in [0.2, 0.25) is 0 Å². The first-order chi connectivity index (χ1) is 13.2. The zero-order valence-electron chi connectivity index (χ0n) is 14.8. The molecule has 0 aliphatic heterocycles. The lowest BCUT2D eigenvalue weighted by Gasteiger charge is -2.10. The second-order valence-corrected chi connectivity index (χ2v) is 6.63. The van der Waals surface area contributed by atoms with Gasteiger partial charge in [-0.25, -0.2) is 4.79 Å². The van der Waals surface area contributed by atoms with Crippen molar-refractivity contribution in [1.82, 2.24) is 9.97 Å². The molecule has 1 aromatic heterocycles. The zero-order chi connectivity index (χ0) is 18.6. The molecule has 144 valence electrons. The summed E-state index contributed by atoms with van der Waals surface area (Å²) in [5.41, 5.74) is 4.35. The average molecular weight is 415 g/mol. The molecule has 0 fully saturated rings. The first-order valence-electron chi connectivity index (χ1n) is 8.58. The number of rotatable bonds is 6. The molecule has 0 atom stereocenters. The van der Waals surface area contributed by atoms with Gasteiger partial charge in [-0.05, 0) is 42.0 Å². The van der Waals surface area contributed by atoms with Crippen LogP contribution in [0.3, 0.4) is 0 Å². The van der Waals surface area contributed by atoms with Gasteiger partial charge in [-0.1, -0.05) is 41.9 Å². The summed E-state index contributed by atoms with van der Waals surface area (Å²) in [5, 5.41) is 4.06. The first-order valence-corrected chi connectivity index (χ1v) is 8.96. The Morgan fingerprint density at radius 2 is 1.75 bits per heavy atom. The molecule has 5 nitrogen and oxygen atoms in total. The minimum absolute atomic E-state index is 0. The van der Waals surface area contributed by atoms with Crippen molar-refractivity contribution in [1.29, 1.82) is 0 Å². The van der Waals surface area contributed by atoms with Crippen LogP contribution in [0.4, 0.5) is 5.69 Å². The molecule has 0 unspecified atom stereocenters. The average Bonchev–Trinajstić information content (AvgIpc) is 3.05. The molecule has 3 N–H and O–H groups in total. The third-order valence-corrected chi connectivity index (χ3v) is 4.63. The summed E-state index contributed by atoms with van der Waals surface area (Å²) in [6, 6.07) is 21.3. The second-order valence-electron chi connectivity index (χ2n) is 6.22. The lowest BCUT2D eigenvalue weighted by Crippen LogP contribution is -3.00. The van der Waals surface area contributed by atoms with Crippen molar-refractivity contribution in [2.75, 3.05) is 5.32 Å². The molecule has 0 amide bonds. The number of fused-ring (bicyclic) bond motifs is 1. The number of aromatic nitrogens is 2. The number of anilines is 1. The van der Waals surface area contributed by atoms with E-state index < -0.39 is 0 Å². The predicted octanol–water partition coefficient (Wildman–Crippen LogP) is 1.70. The summed E-state index contributed by atoms with van der Waals surface area (Å²) >= 11 is 6.17. The molecule has 4 rings (SSSR count). The summed E-state index contributed by atoms with van der Waals surface area (Å²) in [5.74, 6) is 0.791. The van der Waals surface area contributed by atoms with Crippen LogP contribution in [0, 0.1) is 0 Å². The normalized spacial score (nSPS) is 10.5. The number of benzene rings is 3. The smallest absolute Gasteiger partial charge is 0.323 e. The Hall–Kier alpha value is -2.89. The van der Waals surface area contributed by atoms with Gasteiger partial charge in [0.05, 0.1) is 11.0 Å². The Morgan fingerprint density at radius 3 is 2.61 bits per heavy atom.